The van der Waals surface area contributed by atoms with Crippen LogP contribution in [-0.4, -0.2) is 4.57 Å². The Bertz CT molecular complexity index is 252. The SMILES string of the molecule is CCn1cccc1C=C(C)C. The Morgan fingerprint density at radius 2 is 2.27 bits per heavy atom. The number of aryl methyl sites for hydroxylation is 1. The second kappa shape index (κ2) is 3.42. The molecule has 60 valence electrons. The Balaban J connectivity index is 2.93. The van der Waals surface area contributed by atoms with Crippen molar-refractivity contribution in [1.29, 1.82) is 0 Å². The minimum atomic E-state index is 1.05. The molecule has 0 aliphatic heterocycles. The average molecular weight is 149 g/mol. The van der Waals surface area contributed by atoms with E-state index in [0.29, 0.717) is 0 Å². The third-order valence-electron chi connectivity index (χ3n) is 1.64. The van der Waals surface area contributed by atoms with Crippen molar-refractivity contribution in [3.05, 3.63) is 29.6 Å². The third kappa shape index (κ3) is 1.97. The molecule has 11 heavy (non-hydrogen) atoms. The van der Waals surface area contributed by atoms with Crippen LogP contribution in [0.25, 0.3) is 6.08 Å². The van der Waals surface area contributed by atoms with E-state index in [9.17, 15) is 0 Å². The molecule has 1 nitrogen and oxygen atoms in total. The Hall–Kier alpha value is -0.980. The summed E-state index contributed by atoms with van der Waals surface area (Å²) in [6.07, 6.45) is 4.30. The summed E-state index contributed by atoms with van der Waals surface area (Å²) in [6.45, 7) is 7.44. The Labute approximate surface area is 68.4 Å². The second-order valence-corrected chi connectivity index (χ2v) is 2.94. The van der Waals surface area contributed by atoms with E-state index in [1.807, 2.05) is 0 Å². The van der Waals surface area contributed by atoms with Crippen LogP contribution in [0.2, 0.25) is 0 Å². The van der Waals surface area contributed by atoms with Crippen LogP contribution >= 0.6 is 0 Å². The molecule has 0 N–H and O–H groups in total. The van der Waals surface area contributed by atoms with E-state index >= 15 is 0 Å². The normalized spacial score (nSPS) is 9.73. The fourth-order valence-corrected chi connectivity index (χ4v) is 1.14. The van der Waals surface area contributed by atoms with E-state index in [1.54, 1.807) is 0 Å². The average Bonchev–Trinajstić information content (AvgIpc) is 2.34. The molecule has 0 aliphatic rings. The van der Waals surface area contributed by atoms with E-state index < -0.39 is 0 Å². The molecule has 0 fully saturated rings. The highest BCUT2D eigenvalue weighted by molar-refractivity contribution is 5.48. The van der Waals surface area contributed by atoms with Crippen LogP contribution in [0.4, 0.5) is 0 Å². The van der Waals surface area contributed by atoms with Gasteiger partial charge in [-0.25, -0.2) is 0 Å². The zero-order valence-electron chi connectivity index (χ0n) is 7.46. The lowest BCUT2D eigenvalue weighted by atomic mass is 10.3. The van der Waals surface area contributed by atoms with Gasteiger partial charge in [-0.15, -0.1) is 0 Å². The standard InChI is InChI=1S/C10H15N/c1-4-11-7-5-6-10(11)8-9(2)3/h5-8H,4H2,1-3H3. The molecule has 0 radical (unpaired) electrons. The predicted octanol–water partition coefficient (Wildman–Crippen LogP) is 2.93. The topological polar surface area (TPSA) is 4.93 Å². The maximum atomic E-state index is 2.23. The monoisotopic (exact) mass is 149 g/mol. The fraction of sp³-hybridized carbons (Fsp3) is 0.400. The maximum Gasteiger partial charge on any atom is 0.0405 e. The third-order valence-corrected chi connectivity index (χ3v) is 1.64. The fourth-order valence-electron chi connectivity index (χ4n) is 1.14. The van der Waals surface area contributed by atoms with Crippen molar-refractivity contribution >= 4 is 6.08 Å². The summed E-state index contributed by atoms with van der Waals surface area (Å²) in [5, 5.41) is 0. The highest BCUT2D eigenvalue weighted by atomic mass is 14.9. The van der Waals surface area contributed by atoms with Crippen molar-refractivity contribution in [2.75, 3.05) is 0 Å². The summed E-state index contributed by atoms with van der Waals surface area (Å²) in [7, 11) is 0. The molecule has 0 unspecified atom stereocenters. The van der Waals surface area contributed by atoms with E-state index in [1.165, 1.54) is 11.3 Å². The highest BCUT2D eigenvalue weighted by Crippen LogP contribution is 2.07. The van der Waals surface area contributed by atoms with Crippen molar-refractivity contribution in [1.82, 2.24) is 4.57 Å². The van der Waals surface area contributed by atoms with Gasteiger partial charge in [-0.2, -0.15) is 0 Å². The first-order chi connectivity index (χ1) is 5.24. The van der Waals surface area contributed by atoms with Gasteiger partial charge in [0.1, 0.15) is 0 Å². The zero-order chi connectivity index (χ0) is 8.27. The minimum Gasteiger partial charge on any atom is -0.348 e. The van der Waals surface area contributed by atoms with Gasteiger partial charge in [0, 0.05) is 18.4 Å². The van der Waals surface area contributed by atoms with Crippen molar-refractivity contribution in [3.8, 4) is 0 Å². The molecule has 0 aromatic carbocycles. The lowest BCUT2D eigenvalue weighted by Gasteiger charge is -2.01. The van der Waals surface area contributed by atoms with Crippen LogP contribution in [0.1, 0.15) is 26.5 Å². The van der Waals surface area contributed by atoms with Gasteiger partial charge < -0.3 is 4.57 Å². The molecule has 1 heterocycles. The molecule has 0 saturated carbocycles. The molecule has 1 heteroatoms. The summed E-state index contributed by atoms with van der Waals surface area (Å²) in [5.41, 5.74) is 2.64. The van der Waals surface area contributed by atoms with E-state index in [2.05, 4.69) is 49.7 Å². The quantitative estimate of drug-likeness (QED) is 0.609. The molecule has 1 rings (SSSR count). The number of hydrogen-bond donors (Lipinski definition) is 0. The Morgan fingerprint density at radius 1 is 1.55 bits per heavy atom. The summed E-state index contributed by atoms with van der Waals surface area (Å²) in [4.78, 5) is 0. The summed E-state index contributed by atoms with van der Waals surface area (Å²) in [5.74, 6) is 0. The summed E-state index contributed by atoms with van der Waals surface area (Å²) >= 11 is 0. The van der Waals surface area contributed by atoms with Crippen molar-refractivity contribution in [3.63, 3.8) is 0 Å². The predicted molar refractivity (Wildman–Crippen MR) is 49.4 cm³/mol. The Morgan fingerprint density at radius 3 is 2.82 bits per heavy atom. The number of hydrogen-bond acceptors (Lipinski definition) is 0. The second-order valence-electron chi connectivity index (χ2n) is 2.94. The van der Waals surface area contributed by atoms with E-state index in [-0.39, 0.29) is 0 Å². The van der Waals surface area contributed by atoms with Gasteiger partial charge in [0.2, 0.25) is 0 Å². The van der Waals surface area contributed by atoms with Crippen molar-refractivity contribution in [2.45, 2.75) is 27.3 Å². The number of rotatable bonds is 2. The molecule has 0 spiro atoms. The maximum absolute atomic E-state index is 2.23. The molecule has 0 aliphatic carbocycles. The number of aromatic nitrogens is 1. The smallest absolute Gasteiger partial charge is 0.0405 e. The van der Waals surface area contributed by atoms with Crippen LogP contribution in [-0.2, 0) is 6.54 Å². The largest absolute Gasteiger partial charge is 0.348 e. The lowest BCUT2D eigenvalue weighted by Crippen LogP contribution is -1.93. The van der Waals surface area contributed by atoms with Gasteiger partial charge in [-0.05, 0) is 39.0 Å². The molecule has 1 aromatic heterocycles. The molecule has 0 bridgehead atoms. The number of nitrogens with zero attached hydrogens (tertiary/aromatic N) is 1. The van der Waals surface area contributed by atoms with Crippen LogP contribution < -0.4 is 0 Å². The molecule has 1 aromatic rings. The molecular weight excluding hydrogens is 134 g/mol. The van der Waals surface area contributed by atoms with Gasteiger partial charge in [-0.1, -0.05) is 5.57 Å². The van der Waals surface area contributed by atoms with Gasteiger partial charge in [0.05, 0.1) is 0 Å². The Kier molecular flexibility index (Phi) is 2.53. The number of allylic oxidation sites excluding steroid dienone is 1. The van der Waals surface area contributed by atoms with E-state index in [0.717, 1.165) is 6.54 Å². The van der Waals surface area contributed by atoms with Gasteiger partial charge >= 0.3 is 0 Å². The van der Waals surface area contributed by atoms with Crippen LogP contribution in [0.3, 0.4) is 0 Å². The van der Waals surface area contributed by atoms with E-state index in [4.69, 9.17) is 0 Å². The van der Waals surface area contributed by atoms with Crippen molar-refractivity contribution in [2.24, 2.45) is 0 Å². The van der Waals surface area contributed by atoms with Crippen molar-refractivity contribution < 1.29 is 0 Å². The summed E-state index contributed by atoms with van der Waals surface area (Å²) < 4.78 is 2.23. The minimum absolute atomic E-state index is 1.05. The molecular formula is C10H15N. The van der Waals surface area contributed by atoms with Gasteiger partial charge in [0.25, 0.3) is 0 Å². The lowest BCUT2D eigenvalue weighted by molar-refractivity contribution is 0.761. The van der Waals surface area contributed by atoms with Gasteiger partial charge in [0.15, 0.2) is 0 Å². The zero-order valence-corrected chi connectivity index (χ0v) is 7.46. The van der Waals surface area contributed by atoms with Crippen LogP contribution in [0.15, 0.2) is 23.9 Å². The van der Waals surface area contributed by atoms with Gasteiger partial charge in [-0.3, -0.25) is 0 Å². The highest BCUT2D eigenvalue weighted by Gasteiger charge is 1.92. The summed E-state index contributed by atoms with van der Waals surface area (Å²) in [6, 6.07) is 4.22. The first-order valence-corrected chi connectivity index (χ1v) is 4.04. The van der Waals surface area contributed by atoms with Crippen LogP contribution in [0.5, 0.6) is 0 Å². The first-order valence-electron chi connectivity index (χ1n) is 4.04. The molecule has 0 saturated heterocycles. The van der Waals surface area contributed by atoms with Crippen LogP contribution in [0, 0.1) is 0 Å². The molecule has 0 atom stereocenters. The first kappa shape index (κ1) is 8.12. The molecule has 0 amide bonds.